The van der Waals surface area contributed by atoms with Gasteiger partial charge in [0.25, 0.3) is 0 Å². The topological polar surface area (TPSA) is 60.9 Å². The van der Waals surface area contributed by atoms with Crippen molar-refractivity contribution in [1.29, 1.82) is 0 Å². The number of carbonyl (C=O) groups is 1. The van der Waals surface area contributed by atoms with Gasteiger partial charge >= 0.3 is 0 Å². The first-order valence-corrected chi connectivity index (χ1v) is 4.33. The van der Waals surface area contributed by atoms with Gasteiger partial charge in [-0.25, -0.2) is 0 Å². The van der Waals surface area contributed by atoms with Crippen molar-refractivity contribution in [1.82, 2.24) is 9.78 Å². The molecule has 0 fully saturated rings. The highest BCUT2D eigenvalue weighted by Gasteiger charge is 2.13. The van der Waals surface area contributed by atoms with Gasteiger partial charge in [-0.05, 0) is 6.92 Å². The minimum atomic E-state index is -0.0296. The quantitative estimate of drug-likeness (QED) is 0.773. The first-order valence-electron chi connectivity index (χ1n) is 3.96. The van der Waals surface area contributed by atoms with Crippen LogP contribution in [0.5, 0.6) is 0 Å². The van der Waals surface area contributed by atoms with E-state index in [1.54, 1.807) is 11.7 Å². The van der Waals surface area contributed by atoms with Crippen LogP contribution < -0.4 is 5.73 Å². The molecule has 0 atom stereocenters. The number of Topliss-reactive ketones (excluding diaryl/α,β-unsaturated/α-hetero) is 1. The van der Waals surface area contributed by atoms with Crippen LogP contribution >= 0.6 is 11.6 Å². The molecule has 0 spiro atoms. The summed E-state index contributed by atoms with van der Waals surface area (Å²) in [5.41, 5.74) is 6.77. The largest absolute Gasteiger partial charge is 0.324 e. The third-order valence-electron chi connectivity index (χ3n) is 1.87. The third kappa shape index (κ3) is 2.08. The standard InChI is InChI=1S/C8H12ClN3O/c1-5-7(3-6(13)4-10)8(9)12(2)11-5/h3-4,10H2,1-2H3. The number of hydrogen-bond donors (Lipinski definition) is 1. The number of aromatic nitrogens is 2. The second-order valence-corrected chi connectivity index (χ2v) is 3.26. The molecular weight excluding hydrogens is 190 g/mol. The lowest BCUT2D eigenvalue weighted by Gasteiger charge is -1.97. The average Bonchev–Trinajstić information content (AvgIpc) is 2.32. The number of halogens is 1. The van der Waals surface area contributed by atoms with Crippen LogP contribution in [0.15, 0.2) is 0 Å². The maximum absolute atomic E-state index is 11.1. The Bertz CT molecular complexity index is 332. The molecule has 0 saturated heterocycles. The summed E-state index contributed by atoms with van der Waals surface area (Å²) in [6.07, 6.45) is 0.273. The first-order chi connectivity index (χ1) is 6.06. The minimum Gasteiger partial charge on any atom is -0.324 e. The molecule has 13 heavy (non-hydrogen) atoms. The van der Waals surface area contributed by atoms with E-state index in [0.717, 1.165) is 11.3 Å². The van der Waals surface area contributed by atoms with Crippen LogP contribution in [0.3, 0.4) is 0 Å². The fraction of sp³-hybridized carbons (Fsp3) is 0.500. The van der Waals surface area contributed by atoms with E-state index in [-0.39, 0.29) is 18.7 Å². The normalized spacial score (nSPS) is 10.5. The number of nitrogens with two attached hydrogens (primary N) is 1. The van der Waals surface area contributed by atoms with Gasteiger partial charge in [0.1, 0.15) is 5.15 Å². The van der Waals surface area contributed by atoms with Gasteiger partial charge in [0.2, 0.25) is 0 Å². The summed E-state index contributed by atoms with van der Waals surface area (Å²) in [5, 5.41) is 4.60. The van der Waals surface area contributed by atoms with Crippen molar-refractivity contribution in [2.24, 2.45) is 12.8 Å². The molecule has 0 radical (unpaired) electrons. The lowest BCUT2D eigenvalue weighted by molar-refractivity contribution is -0.117. The highest BCUT2D eigenvalue weighted by molar-refractivity contribution is 6.30. The molecule has 0 unspecified atom stereocenters. The maximum atomic E-state index is 11.1. The molecule has 1 aromatic heterocycles. The van der Waals surface area contributed by atoms with Gasteiger partial charge in [-0.2, -0.15) is 5.10 Å². The molecule has 0 aromatic carbocycles. The minimum absolute atomic E-state index is 0.0296. The highest BCUT2D eigenvalue weighted by atomic mass is 35.5. The van der Waals surface area contributed by atoms with Crippen LogP contribution in [0.25, 0.3) is 0 Å². The van der Waals surface area contributed by atoms with Gasteiger partial charge in [-0.1, -0.05) is 11.6 Å². The van der Waals surface area contributed by atoms with Gasteiger partial charge in [-0.15, -0.1) is 0 Å². The molecule has 2 N–H and O–H groups in total. The van der Waals surface area contributed by atoms with Crippen molar-refractivity contribution in [3.05, 3.63) is 16.4 Å². The van der Waals surface area contributed by atoms with Crippen molar-refractivity contribution in [2.45, 2.75) is 13.3 Å². The highest BCUT2D eigenvalue weighted by Crippen LogP contribution is 2.18. The van der Waals surface area contributed by atoms with E-state index in [4.69, 9.17) is 17.3 Å². The van der Waals surface area contributed by atoms with E-state index >= 15 is 0 Å². The number of aryl methyl sites for hydroxylation is 2. The van der Waals surface area contributed by atoms with Gasteiger partial charge in [0.15, 0.2) is 5.78 Å². The monoisotopic (exact) mass is 201 g/mol. The molecule has 0 aliphatic heterocycles. The van der Waals surface area contributed by atoms with Crippen LogP contribution in [0.2, 0.25) is 5.15 Å². The molecule has 0 saturated carbocycles. The zero-order valence-corrected chi connectivity index (χ0v) is 8.43. The predicted molar refractivity (Wildman–Crippen MR) is 50.7 cm³/mol. The summed E-state index contributed by atoms with van der Waals surface area (Å²) in [5.74, 6) is -0.0296. The predicted octanol–water partition coefficient (Wildman–Crippen LogP) is 0.452. The molecule has 0 aliphatic rings. The van der Waals surface area contributed by atoms with Crippen LogP contribution in [0, 0.1) is 6.92 Å². The SMILES string of the molecule is Cc1nn(C)c(Cl)c1CC(=O)CN. The van der Waals surface area contributed by atoms with Crippen molar-refractivity contribution < 1.29 is 4.79 Å². The Hall–Kier alpha value is -0.870. The fourth-order valence-corrected chi connectivity index (χ4v) is 1.39. The summed E-state index contributed by atoms with van der Waals surface area (Å²) in [6.45, 7) is 1.87. The Labute approximate surface area is 81.7 Å². The molecule has 1 aromatic rings. The fourth-order valence-electron chi connectivity index (χ4n) is 1.14. The van der Waals surface area contributed by atoms with E-state index < -0.39 is 0 Å². The summed E-state index contributed by atoms with van der Waals surface area (Å²) in [7, 11) is 1.74. The van der Waals surface area contributed by atoms with Crippen LogP contribution in [0.4, 0.5) is 0 Å². The van der Waals surface area contributed by atoms with Crippen LogP contribution in [-0.4, -0.2) is 22.1 Å². The number of nitrogens with zero attached hydrogens (tertiary/aromatic N) is 2. The molecular formula is C8H12ClN3O. The van der Waals surface area contributed by atoms with Crippen LogP contribution in [0.1, 0.15) is 11.3 Å². The lowest BCUT2D eigenvalue weighted by Crippen LogP contribution is -2.16. The first kappa shape index (κ1) is 10.2. The molecule has 0 amide bonds. The lowest BCUT2D eigenvalue weighted by atomic mass is 10.1. The molecule has 1 heterocycles. The van der Waals surface area contributed by atoms with Crippen molar-refractivity contribution >= 4 is 17.4 Å². The molecule has 1 rings (SSSR count). The van der Waals surface area contributed by atoms with Gasteiger partial charge < -0.3 is 5.73 Å². The Morgan fingerprint density at radius 2 is 2.31 bits per heavy atom. The van der Waals surface area contributed by atoms with E-state index in [2.05, 4.69) is 5.10 Å². The Morgan fingerprint density at radius 3 is 2.69 bits per heavy atom. The van der Waals surface area contributed by atoms with Gasteiger partial charge in [0.05, 0.1) is 12.2 Å². The molecule has 5 heteroatoms. The second kappa shape index (κ2) is 3.89. The number of ketones is 1. The van der Waals surface area contributed by atoms with Crippen LogP contribution in [-0.2, 0) is 18.3 Å². The summed E-state index contributed by atoms with van der Waals surface area (Å²) in [4.78, 5) is 11.1. The zero-order valence-electron chi connectivity index (χ0n) is 7.67. The summed E-state index contributed by atoms with van der Waals surface area (Å²) >= 11 is 5.92. The number of rotatable bonds is 3. The Balaban J connectivity index is 2.94. The summed E-state index contributed by atoms with van der Waals surface area (Å²) in [6, 6.07) is 0. The molecule has 0 aliphatic carbocycles. The Kier molecular flexibility index (Phi) is 3.06. The summed E-state index contributed by atoms with van der Waals surface area (Å²) < 4.78 is 1.55. The van der Waals surface area contributed by atoms with E-state index in [9.17, 15) is 4.79 Å². The smallest absolute Gasteiger partial charge is 0.150 e. The molecule has 0 bridgehead atoms. The van der Waals surface area contributed by atoms with E-state index in [0.29, 0.717) is 5.15 Å². The Morgan fingerprint density at radius 1 is 1.69 bits per heavy atom. The van der Waals surface area contributed by atoms with Gasteiger partial charge in [-0.3, -0.25) is 9.48 Å². The maximum Gasteiger partial charge on any atom is 0.150 e. The second-order valence-electron chi connectivity index (χ2n) is 2.90. The van der Waals surface area contributed by atoms with Gasteiger partial charge in [0, 0.05) is 19.0 Å². The molecule has 72 valence electrons. The third-order valence-corrected chi connectivity index (χ3v) is 2.34. The number of carbonyl (C=O) groups excluding carboxylic acids is 1. The average molecular weight is 202 g/mol. The zero-order chi connectivity index (χ0) is 10.0. The van der Waals surface area contributed by atoms with Crippen molar-refractivity contribution in [3.63, 3.8) is 0 Å². The van der Waals surface area contributed by atoms with E-state index in [1.807, 2.05) is 6.92 Å². The van der Waals surface area contributed by atoms with Crippen molar-refractivity contribution in [3.8, 4) is 0 Å². The van der Waals surface area contributed by atoms with Crippen molar-refractivity contribution in [2.75, 3.05) is 6.54 Å². The number of hydrogen-bond acceptors (Lipinski definition) is 3. The van der Waals surface area contributed by atoms with E-state index in [1.165, 1.54) is 0 Å². The molecule has 4 nitrogen and oxygen atoms in total.